The van der Waals surface area contributed by atoms with Crippen molar-refractivity contribution >= 4 is 11.5 Å². The molecular weight excluding hydrogens is 234 g/mol. The predicted molar refractivity (Wildman–Crippen MR) is 67.4 cm³/mol. The number of pyridine rings is 1. The summed E-state index contributed by atoms with van der Waals surface area (Å²) in [5.74, 6) is 0.555. The number of aromatic nitrogens is 1. The van der Waals surface area contributed by atoms with E-state index in [-0.39, 0.29) is 5.69 Å². The van der Waals surface area contributed by atoms with Crippen LogP contribution in [0.2, 0.25) is 0 Å². The maximum Gasteiger partial charge on any atom is 0.287 e. The molecule has 0 bridgehead atoms. The van der Waals surface area contributed by atoms with E-state index in [0.29, 0.717) is 12.4 Å². The number of hydrogen-bond acceptors (Lipinski definition) is 5. The van der Waals surface area contributed by atoms with Gasteiger partial charge in [0.15, 0.2) is 0 Å². The molecular formula is C12H17N3O3. The smallest absolute Gasteiger partial charge is 0.287 e. The molecule has 0 saturated heterocycles. The van der Waals surface area contributed by atoms with E-state index in [9.17, 15) is 15.2 Å². The van der Waals surface area contributed by atoms with Crippen molar-refractivity contribution in [1.29, 1.82) is 0 Å². The van der Waals surface area contributed by atoms with Crippen molar-refractivity contribution in [2.75, 3.05) is 11.9 Å². The largest absolute Gasteiger partial charge is 0.388 e. The van der Waals surface area contributed by atoms with Crippen molar-refractivity contribution in [1.82, 2.24) is 4.98 Å². The Kier molecular flexibility index (Phi) is 3.76. The van der Waals surface area contributed by atoms with E-state index >= 15 is 0 Å². The van der Waals surface area contributed by atoms with Gasteiger partial charge in [0.1, 0.15) is 12.0 Å². The zero-order valence-corrected chi connectivity index (χ0v) is 10.1. The minimum absolute atomic E-state index is 0.0306. The number of aliphatic hydroxyl groups is 1. The van der Waals surface area contributed by atoms with Gasteiger partial charge in [-0.1, -0.05) is 19.3 Å². The SMILES string of the molecule is O=[N+]([O-])c1ccc(NCC2(O)CCCCC2)nc1. The average molecular weight is 251 g/mol. The first-order valence-electron chi connectivity index (χ1n) is 6.16. The van der Waals surface area contributed by atoms with Crippen molar-refractivity contribution < 1.29 is 10.0 Å². The van der Waals surface area contributed by atoms with Crippen LogP contribution in [0.1, 0.15) is 32.1 Å². The fraction of sp³-hybridized carbons (Fsp3) is 0.583. The summed E-state index contributed by atoms with van der Waals surface area (Å²) in [6.07, 6.45) is 6.09. The summed E-state index contributed by atoms with van der Waals surface area (Å²) in [6, 6.07) is 2.96. The summed E-state index contributed by atoms with van der Waals surface area (Å²) < 4.78 is 0. The van der Waals surface area contributed by atoms with Crippen LogP contribution in [-0.4, -0.2) is 27.2 Å². The van der Waals surface area contributed by atoms with Gasteiger partial charge in [-0.15, -0.1) is 0 Å². The molecule has 2 rings (SSSR count). The van der Waals surface area contributed by atoms with Crippen LogP contribution >= 0.6 is 0 Å². The molecule has 1 heterocycles. The van der Waals surface area contributed by atoms with Gasteiger partial charge in [0, 0.05) is 12.6 Å². The third-order valence-electron chi connectivity index (χ3n) is 3.34. The van der Waals surface area contributed by atoms with Crippen LogP contribution < -0.4 is 5.32 Å². The molecule has 0 amide bonds. The second-order valence-corrected chi connectivity index (χ2v) is 4.80. The zero-order chi connectivity index (χ0) is 13.0. The van der Waals surface area contributed by atoms with Gasteiger partial charge >= 0.3 is 0 Å². The van der Waals surface area contributed by atoms with Crippen LogP contribution in [0.25, 0.3) is 0 Å². The molecule has 1 aromatic rings. The maximum atomic E-state index is 10.5. The van der Waals surface area contributed by atoms with Crippen LogP contribution in [0.3, 0.4) is 0 Å². The molecule has 1 fully saturated rings. The van der Waals surface area contributed by atoms with Crippen LogP contribution in [0.5, 0.6) is 0 Å². The minimum Gasteiger partial charge on any atom is -0.388 e. The van der Waals surface area contributed by atoms with Gasteiger partial charge in [-0.2, -0.15) is 0 Å². The van der Waals surface area contributed by atoms with Crippen LogP contribution in [-0.2, 0) is 0 Å². The molecule has 0 unspecified atom stereocenters. The lowest BCUT2D eigenvalue weighted by Gasteiger charge is -2.32. The summed E-state index contributed by atoms with van der Waals surface area (Å²) in [6.45, 7) is 0.442. The Labute approximate surface area is 105 Å². The highest BCUT2D eigenvalue weighted by Gasteiger charge is 2.28. The molecule has 0 aromatic carbocycles. The van der Waals surface area contributed by atoms with Crippen molar-refractivity contribution in [3.8, 4) is 0 Å². The Morgan fingerprint density at radius 1 is 1.39 bits per heavy atom. The van der Waals surface area contributed by atoms with Crippen LogP contribution in [0, 0.1) is 10.1 Å². The summed E-state index contributed by atoms with van der Waals surface area (Å²) >= 11 is 0. The van der Waals surface area contributed by atoms with Crippen molar-refractivity contribution in [3.05, 3.63) is 28.4 Å². The van der Waals surface area contributed by atoms with Crippen LogP contribution in [0.4, 0.5) is 11.5 Å². The first-order chi connectivity index (χ1) is 8.59. The minimum atomic E-state index is -0.665. The molecule has 1 aliphatic rings. The van der Waals surface area contributed by atoms with E-state index < -0.39 is 10.5 Å². The number of rotatable bonds is 4. The molecule has 1 aromatic heterocycles. The normalized spacial score (nSPS) is 18.3. The fourth-order valence-corrected chi connectivity index (χ4v) is 2.24. The van der Waals surface area contributed by atoms with Crippen molar-refractivity contribution in [3.63, 3.8) is 0 Å². The molecule has 0 radical (unpaired) electrons. The van der Waals surface area contributed by atoms with E-state index in [0.717, 1.165) is 25.7 Å². The lowest BCUT2D eigenvalue weighted by Crippen LogP contribution is -2.38. The Balaban J connectivity index is 1.91. The molecule has 98 valence electrons. The first-order valence-corrected chi connectivity index (χ1v) is 6.16. The van der Waals surface area contributed by atoms with Crippen molar-refractivity contribution in [2.45, 2.75) is 37.7 Å². The summed E-state index contributed by atoms with van der Waals surface area (Å²) in [4.78, 5) is 13.9. The van der Waals surface area contributed by atoms with Gasteiger partial charge in [-0.05, 0) is 18.9 Å². The molecule has 18 heavy (non-hydrogen) atoms. The average Bonchev–Trinajstić information content (AvgIpc) is 2.38. The second kappa shape index (κ2) is 5.30. The third-order valence-corrected chi connectivity index (χ3v) is 3.34. The highest BCUT2D eigenvalue weighted by Crippen LogP contribution is 2.28. The third kappa shape index (κ3) is 3.16. The first kappa shape index (κ1) is 12.8. The standard InChI is InChI=1S/C12H17N3O3/c16-12(6-2-1-3-7-12)9-14-11-5-4-10(8-13-11)15(17)18/h4-5,8,16H,1-3,6-7,9H2,(H,13,14). The molecule has 0 atom stereocenters. The number of nitrogens with one attached hydrogen (secondary N) is 1. The predicted octanol–water partition coefficient (Wildman–Crippen LogP) is 2.10. The van der Waals surface area contributed by atoms with E-state index in [4.69, 9.17) is 0 Å². The van der Waals surface area contributed by atoms with E-state index in [1.807, 2.05) is 0 Å². The van der Waals surface area contributed by atoms with E-state index in [1.165, 1.54) is 18.7 Å². The van der Waals surface area contributed by atoms with E-state index in [1.54, 1.807) is 6.07 Å². The molecule has 6 heteroatoms. The number of nitro groups is 1. The Bertz CT molecular complexity index is 413. The molecule has 2 N–H and O–H groups in total. The monoisotopic (exact) mass is 251 g/mol. The highest BCUT2D eigenvalue weighted by molar-refractivity contribution is 5.40. The van der Waals surface area contributed by atoms with Gasteiger partial charge in [0.05, 0.1) is 10.5 Å². The Hall–Kier alpha value is -1.69. The van der Waals surface area contributed by atoms with Crippen LogP contribution in [0.15, 0.2) is 18.3 Å². The molecule has 1 saturated carbocycles. The topological polar surface area (TPSA) is 88.3 Å². The van der Waals surface area contributed by atoms with Gasteiger partial charge in [-0.25, -0.2) is 4.98 Å². The second-order valence-electron chi connectivity index (χ2n) is 4.80. The number of nitrogens with zero attached hydrogens (tertiary/aromatic N) is 2. The highest BCUT2D eigenvalue weighted by atomic mass is 16.6. The van der Waals surface area contributed by atoms with Gasteiger partial charge in [0.25, 0.3) is 5.69 Å². The lowest BCUT2D eigenvalue weighted by molar-refractivity contribution is -0.385. The van der Waals surface area contributed by atoms with Gasteiger partial charge < -0.3 is 10.4 Å². The summed E-state index contributed by atoms with van der Waals surface area (Å²) in [7, 11) is 0. The lowest BCUT2D eigenvalue weighted by atomic mass is 9.85. The Morgan fingerprint density at radius 3 is 2.67 bits per heavy atom. The van der Waals surface area contributed by atoms with Gasteiger partial charge in [-0.3, -0.25) is 10.1 Å². The fourth-order valence-electron chi connectivity index (χ4n) is 2.24. The van der Waals surface area contributed by atoms with Gasteiger partial charge in [0.2, 0.25) is 0 Å². The van der Waals surface area contributed by atoms with Crippen molar-refractivity contribution in [2.24, 2.45) is 0 Å². The number of hydrogen-bond donors (Lipinski definition) is 2. The summed E-state index contributed by atoms with van der Waals surface area (Å²) in [5, 5.41) is 23.8. The maximum absolute atomic E-state index is 10.5. The molecule has 6 nitrogen and oxygen atoms in total. The summed E-state index contributed by atoms with van der Waals surface area (Å²) in [5.41, 5.74) is -0.696. The van der Waals surface area contributed by atoms with E-state index in [2.05, 4.69) is 10.3 Å². The molecule has 0 spiro atoms. The Morgan fingerprint density at radius 2 is 2.11 bits per heavy atom. The molecule has 0 aliphatic heterocycles. The zero-order valence-electron chi connectivity index (χ0n) is 10.1. The molecule has 1 aliphatic carbocycles. The quantitative estimate of drug-likeness (QED) is 0.632. The number of anilines is 1.